The van der Waals surface area contributed by atoms with E-state index in [0.29, 0.717) is 11.8 Å². The molecule has 1 atom stereocenters. The van der Waals surface area contributed by atoms with Crippen LogP contribution in [0.3, 0.4) is 0 Å². The molecular weight excluding hydrogens is 290 g/mol. The lowest BCUT2D eigenvalue weighted by Gasteiger charge is -2.51. The SMILES string of the molecule is Cc1c(C)c2c(c(C)c1O)C(N1CCOCC1)CC1(CCC1)O2. The number of ether oxygens (including phenoxy) is 2. The quantitative estimate of drug-likeness (QED) is 0.862. The Hall–Kier alpha value is -1.26. The number of aromatic hydroxyl groups is 1. The molecule has 4 heteroatoms. The summed E-state index contributed by atoms with van der Waals surface area (Å²) >= 11 is 0. The number of rotatable bonds is 1. The second-order valence-corrected chi connectivity index (χ2v) is 7.47. The lowest BCUT2D eigenvalue weighted by Crippen LogP contribution is -2.51. The molecular formula is C19H27NO3. The summed E-state index contributed by atoms with van der Waals surface area (Å²) in [7, 11) is 0. The molecule has 1 spiro atoms. The van der Waals surface area contributed by atoms with Crippen molar-refractivity contribution in [2.45, 2.75) is 58.1 Å². The van der Waals surface area contributed by atoms with E-state index in [1.807, 2.05) is 13.8 Å². The maximum Gasteiger partial charge on any atom is 0.128 e. The topological polar surface area (TPSA) is 41.9 Å². The van der Waals surface area contributed by atoms with Gasteiger partial charge in [-0.15, -0.1) is 0 Å². The highest BCUT2D eigenvalue weighted by Gasteiger charge is 2.48. The van der Waals surface area contributed by atoms with Crippen LogP contribution in [0.4, 0.5) is 0 Å². The van der Waals surface area contributed by atoms with E-state index in [1.54, 1.807) is 0 Å². The summed E-state index contributed by atoms with van der Waals surface area (Å²) in [6.07, 6.45) is 4.63. The van der Waals surface area contributed by atoms with Gasteiger partial charge >= 0.3 is 0 Å². The maximum absolute atomic E-state index is 10.6. The fourth-order valence-corrected chi connectivity index (χ4v) is 4.45. The molecule has 1 unspecified atom stereocenters. The Labute approximate surface area is 138 Å². The van der Waals surface area contributed by atoms with E-state index in [9.17, 15) is 5.11 Å². The highest BCUT2D eigenvalue weighted by atomic mass is 16.5. The molecule has 23 heavy (non-hydrogen) atoms. The first-order valence-electron chi connectivity index (χ1n) is 8.86. The van der Waals surface area contributed by atoms with Crippen molar-refractivity contribution >= 4 is 0 Å². The van der Waals surface area contributed by atoms with E-state index < -0.39 is 0 Å². The Kier molecular flexibility index (Phi) is 3.58. The lowest BCUT2D eigenvalue weighted by atomic mass is 9.71. The average Bonchev–Trinajstić information content (AvgIpc) is 2.56. The minimum Gasteiger partial charge on any atom is -0.507 e. The largest absolute Gasteiger partial charge is 0.507 e. The summed E-state index contributed by atoms with van der Waals surface area (Å²) in [4.78, 5) is 2.53. The number of nitrogens with zero attached hydrogens (tertiary/aromatic N) is 1. The molecule has 0 bridgehead atoms. The van der Waals surface area contributed by atoms with Gasteiger partial charge in [-0.2, -0.15) is 0 Å². The van der Waals surface area contributed by atoms with Crippen LogP contribution in [-0.2, 0) is 4.74 Å². The third-order valence-electron chi connectivity index (χ3n) is 6.23. The number of phenols is 1. The Balaban J connectivity index is 1.84. The van der Waals surface area contributed by atoms with E-state index in [2.05, 4.69) is 11.8 Å². The number of benzene rings is 1. The van der Waals surface area contributed by atoms with Crippen molar-refractivity contribution < 1.29 is 14.6 Å². The van der Waals surface area contributed by atoms with Gasteiger partial charge in [-0.05, 0) is 56.7 Å². The zero-order valence-corrected chi connectivity index (χ0v) is 14.4. The molecule has 4 nitrogen and oxygen atoms in total. The minimum atomic E-state index is 0.0244. The number of hydrogen-bond donors (Lipinski definition) is 1. The molecule has 1 N–H and O–H groups in total. The van der Waals surface area contributed by atoms with Crippen LogP contribution in [0.1, 0.15) is 54.0 Å². The van der Waals surface area contributed by atoms with E-state index in [1.165, 1.54) is 12.0 Å². The summed E-state index contributed by atoms with van der Waals surface area (Å²) < 4.78 is 12.1. The first-order valence-corrected chi connectivity index (χ1v) is 8.86. The van der Waals surface area contributed by atoms with Gasteiger partial charge in [0.2, 0.25) is 0 Å². The van der Waals surface area contributed by atoms with Gasteiger partial charge in [0.25, 0.3) is 0 Å². The smallest absolute Gasteiger partial charge is 0.128 e. The highest BCUT2D eigenvalue weighted by Crippen LogP contribution is 2.54. The van der Waals surface area contributed by atoms with Crippen molar-refractivity contribution in [1.82, 2.24) is 4.90 Å². The molecule has 0 aromatic heterocycles. The van der Waals surface area contributed by atoms with Gasteiger partial charge in [0.1, 0.15) is 17.1 Å². The molecule has 0 radical (unpaired) electrons. The normalized spacial score (nSPS) is 26.5. The molecule has 1 aromatic carbocycles. The standard InChI is InChI=1S/C19H27NO3/c1-12-13(2)18-16(14(3)17(12)21)15(20-7-9-22-10-8-20)11-19(23-18)5-4-6-19/h15,21H,4-11H2,1-3H3. The van der Waals surface area contributed by atoms with Crippen LogP contribution in [-0.4, -0.2) is 41.9 Å². The van der Waals surface area contributed by atoms with Crippen molar-refractivity contribution in [2.24, 2.45) is 0 Å². The third kappa shape index (κ3) is 2.26. The number of morpholine rings is 1. The van der Waals surface area contributed by atoms with Gasteiger partial charge in [-0.25, -0.2) is 0 Å². The zero-order valence-electron chi connectivity index (χ0n) is 14.4. The maximum atomic E-state index is 10.6. The fourth-order valence-electron chi connectivity index (χ4n) is 4.45. The second-order valence-electron chi connectivity index (χ2n) is 7.47. The van der Waals surface area contributed by atoms with Crippen molar-refractivity contribution in [1.29, 1.82) is 0 Å². The van der Waals surface area contributed by atoms with Crippen LogP contribution in [0.25, 0.3) is 0 Å². The van der Waals surface area contributed by atoms with Gasteiger partial charge in [0, 0.05) is 31.1 Å². The summed E-state index contributed by atoms with van der Waals surface area (Å²) in [5, 5.41) is 10.6. The molecule has 2 fully saturated rings. The molecule has 1 saturated heterocycles. The highest BCUT2D eigenvalue weighted by molar-refractivity contribution is 5.59. The second kappa shape index (κ2) is 5.38. The monoisotopic (exact) mass is 317 g/mol. The zero-order chi connectivity index (χ0) is 16.2. The third-order valence-corrected chi connectivity index (χ3v) is 6.23. The van der Waals surface area contributed by atoms with Crippen LogP contribution in [0.15, 0.2) is 0 Å². The molecule has 4 rings (SSSR count). The van der Waals surface area contributed by atoms with Gasteiger partial charge in [0.15, 0.2) is 0 Å². The van der Waals surface area contributed by atoms with E-state index in [-0.39, 0.29) is 5.60 Å². The molecule has 126 valence electrons. The summed E-state index contributed by atoms with van der Waals surface area (Å²) in [5.74, 6) is 1.48. The molecule has 1 aromatic rings. The summed E-state index contributed by atoms with van der Waals surface area (Å²) in [5.41, 5.74) is 4.29. The van der Waals surface area contributed by atoms with Crippen LogP contribution in [0, 0.1) is 20.8 Å². The van der Waals surface area contributed by atoms with Crippen LogP contribution in [0.5, 0.6) is 11.5 Å². The Morgan fingerprint density at radius 3 is 2.35 bits per heavy atom. The van der Waals surface area contributed by atoms with Crippen LogP contribution < -0.4 is 4.74 Å². The first kappa shape index (κ1) is 15.3. The Bertz CT molecular complexity index is 630. The van der Waals surface area contributed by atoms with Crippen molar-refractivity contribution in [3.63, 3.8) is 0 Å². The van der Waals surface area contributed by atoms with Crippen molar-refractivity contribution in [3.8, 4) is 11.5 Å². The van der Waals surface area contributed by atoms with Crippen molar-refractivity contribution in [3.05, 3.63) is 22.3 Å². The average molecular weight is 317 g/mol. The van der Waals surface area contributed by atoms with E-state index >= 15 is 0 Å². The fraction of sp³-hybridized carbons (Fsp3) is 0.684. The van der Waals surface area contributed by atoms with Crippen molar-refractivity contribution in [2.75, 3.05) is 26.3 Å². The number of phenolic OH excluding ortho intramolecular Hbond substituents is 1. The Morgan fingerprint density at radius 2 is 1.74 bits per heavy atom. The molecule has 0 amide bonds. The minimum absolute atomic E-state index is 0.0244. The lowest BCUT2D eigenvalue weighted by molar-refractivity contribution is -0.0705. The van der Waals surface area contributed by atoms with Crippen LogP contribution >= 0.6 is 0 Å². The number of hydrogen-bond acceptors (Lipinski definition) is 4. The summed E-state index contributed by atoms with van der Waals surface area (Å²) in [6.45, 7) is 9.65. The first-order chi connectivity index (χ1) is 11.0. The number of fused-ring (bicyclic) bond motifs is 1. The van der Waals surface area contributed by atoms with Crippen LogP contribution in [0.2, 0.25) is 0 Å². The predicted molar refractivity (Wildman–Crippen MR) is 89.3 cm³/mol. The summed E-state index contributed by atoms with van der Waals surface area (Å²) in [6, 6.07) is 0.341. The molecule has 2 heterocycles. The van der Waals surface area contributed by atoms with E-state index in [4.69, 9.17) is 9.47 Å². The molecule has 1 saturated carbocycles. The van der Waals surface area contributed by atoms with Gasteiger partial charge < -0.3 is 14.6 Å². The van der Waals surface area contributed by atoms with E-state index in [0.717, 1.165) is 68.0 Å². The molecule has 2 aliphatic heterocycles. The Morgan fingerprint density at radius 1 is 1.04 bits per heavy atom. The molecule has 3 aliphatic rings. The van der Waals surface area contributed by atoms with Gasteiger partial charge in [-0.3, -0.25) is 4.90 Å². The molecule has 1 aliphatic carbocycles. The van der Waals surface area contributed by atoms with Gasteiger partial charge in [-0.1, -0.05) is 0 Å². The predicted octanol–water partition coefficient (Wildman–Crippen LogP) is 3.40. The van der Waals surface area contributed by atoms with Gasteiger partial charge in [0.05, 0.1) is 13.2 Å².